The van der Waals surface area contributed by atoms with Gasteiger partial charge in [0.25, 0.3) is 0 Å². The van der Waals surface area contributed by atoms with Crippen molar-refractivity contribution in [3.63, 3.8) is 0 Å². The molecule has 0 N–H and O–H groups in total. The quantitative estimate of drug-likeness (QED) is 0.630. The van der Waals surface area contributed by atoms with Crippen LogP contribution in [0, 0.1) is 18.3 Å². The third kappa shape index (κ3) is 3.32. The number of ether oxygens (including phenoxy) is 1. The van der Waals surface area contributed by atoms with Crippen LogP contribution in [0.2, 0.25) is 0 Å². The predicted molar refractivity (Wildman–Crippen MR) is 105 cm³/mol. The standard InChI is InChI=1S/C22H23NO2S/c1-4-19-14(3)20(21(26-19)22(24)25-5-2)16-11-9-15(10-12-16)18-8-6-7-17(18)13-23/h7,9-12,18H,4-6,8H2,1-3H3. The average Bonchev–Trinajstić information content (AvgIpc) is 3.26. The van der Waals surface area contributed by atoms with E-state index in [4.69, 9.17) is 4.74 Å². The van der Waals surface area contributed by atoms with Crippen molar-refractivity contribution in [2.75, 3.05) is 6.61 Å². The van der Waals surface area contributed by atoms with E-state index in [1.54, 1.807) is 0 Å². The van der Waals surface area contributed by atoms with E-state index in [1.165, 1.54) is 21.8 Å². The number of rotatable bonds is 5. The number of hydrogen-bond acceptors (Lipinski definition) is 4. The highest BCUT2D eigenvalue weighted by Crippen LogP contribution is 2.39. The lowest BCUT2D eigenvalue weighted by atomic mass is 9.91. The molecule has 2 aromatic rings. The first-order valence-corrected chi connectivity index (χ1v) is 9.92. The van der Waals surface area contributed by atoms with Crippen LogP contribution in [0.4, 0.5) is 0 Å². The molecule has 0 fully saturated rings. The first kappa shape index (κ1) is 18.4. The van der Waals surface area contributed by atoms with Crippen molar-refractivity contribution in [1.29, 1.82) is 5.26 Å². The van der Waals surface area contributed by atoms with Crippen molar-refractivity contribution in [1.82, 2.24) is 0 Å². The van der Waals surface area contributed by atoms with Crippen LogP contribution in [0.3, 0.4) is 0 Å². The van der Waals surface area contributed by atoms with E-state index < -0.39 is 0 Å². The topological polar surface area (TPSA) is 50.1 Å². The summed E-state index contributed by atoms with van der Waals surface area (Å²) in [5, 5.41) is 9.28. The summed E-state index contributed by atoms with van der Waals surface area (Å²) in [6.07, 6.45) is 4.90. The van der Waals surface area contributed by atoms with Crippen molar-refractivity contribution in [2.24, 2.45) is 0 Å². The van der Waals surface area contributed by atoms with E-state index in [1.807, 2.05) is 13.0 Å². The molecule has 3 rings (SSSR count). The highest BCUT2D eigenvalue weighted by molar-refractivity contribution is 7.14. The third-order valence-electron chi connectivity index (χ3n) is 4.95. The van der Waals surface area contributed by atoms with Gasteiger partial charge in [0.15, 0.2) is 0 Å². The number of thiophene rings is 1. The summed E-state index contributed by atoms with van der Waals surface area (Å²) in [6.45, 7) is 6.39. The van der Waals surface area contributed by atoms with Gasteiger partial charge in [0.05, 0.1) is 12.7 Å². The van der Waals surface area contributed by atoms with E-state index in [0.29, 0.717) is 11.5 Å². The number of aryl methyl sites for hydroxylation is 1. The van der Waals surface area contributed by atoms with Crippen LogP contribution in [-0.2, 0) is 11.2 Å². The fraction of sp³-hybridized carbons (Fsp3) is 0.364. The van der Waals surface area contributed by atoms with E-state index in [-0.39, 0.29) is 11.9 Å². The Kier molecular flexibility index (Phi) is 5.58. The van der Waals surface area contributed by atoms with Crippen molar-refractivity contribution in [3.8, 4) is 17.2 Å². The molecule has 1 aromatic heterocycles. The predicted octanol–water partition coefficient (Wildman–Crippen LogP) is 5.79. The first-order valence-electron chi connectivity index (χ1n) is 9.10. The average molecular weight is 365 g/mol. The number of esters is 1. The molecule has 1 heterocycles. The molecule has 0 aliphatic heterocycles. The Balaban J connectivity index is 1.99. The maximum Gasteiger partial charge on any atom is 0.348 e. The van der Waals surface area contributed by atoms with Gasteiger partial charge in [0, 0.05) is 21.9 Å². The Morgan fingerprint density at radius 3 is 2.65 bits per heavy atom. The highest BCUT2D eigenvalue weighted by Gasteiger charge is 2.24. The summed E-state index contributed by atoms with van der Waals surface area (Å²) in [5.74, 6) is -0.0433. The Labute approximate surface area is 158 Å². The van der Waals surface area contributed by atoms with E-state index in [0.717, 1.165) is 41.5 Å². The number of carbonyl (C=O) groups excluding carboxylic acids is 1. The third-order valence-corrected chi connectivity index (χ3v) is 6.37. The largest absolute Gasteiger partial charge is 0.462 e. The molecule has 0 saturated heterocycles. The van der Waals surface area contributed by atoms with Gasteiger partial charge in [-0.15, -0.1) is 11.3 Å². The van der Waals surface area contributed by atoms with Crippen LogP contribution in [0.1, 0.15) is 58.3 Å². The zero-order chi connectivity index (χ0) is 18.7. The van der Waals surface area contributed by atoms with Crippen LogP contribution < -0.4 is 0 Å². The minimum atomic E-state index is -0.245. The van der Waals surface area contributed by atoms with Gasteiger partial charge in [0.1, 0.15) is 4.88 Å². The summed E-state index contributed by atoms with van der Waals surface area (Å²) in [5.41, 5.74) is 5.21. The zero-order valence-corrected chi connectivity index (χ0v) is 16.3. The molecule has 0 radical (unpaired) electrons. The number of carbonyl (C=O) groups is 1. The Hall–Kier alpha value is -2.38. The number of nitriles is 1. The van der Waals surface area contributed by atoms with Crippen molar-refractivity contribution in [2.45, 2.75) is 46.0 Å². The Bertz CT molecular complexity index is 884. The smallest absolute Gasteiger partial charge is 0.348 e. The molecule has 1 unspecified atom stereocenters. The van der Waals surface area contributed by atoms with Gasteiger partial charge in [-0.3, -0.25) is 0 Å². The van der Waals surface area contributed by atoms with E-state index >= 15 is 0 Å². The summed E-state index contributed by atoms with van der Waals surface area (Å²) in [7, 11) is 0. The summed E-state index contributed by atoms with van der Waals surface area (Å²) in [6, 6.07) is 10.6. The van der Waals surface area contributed by atoms with Gasteiger partial charge in [-0.2, -0.15) is 5.26 Å². The molecule has 1 aromatic carbocycles. The maximum absolute atomic E-state index is 12.4. The molecule has 1 atom stereocenters. The van der Waals surface area contributed by atoms with Gasteiger partial charge in [0.2, 0.25) is 0 Å². The molecule has 3 nitrogen and oxygen atoms in total. The van der Waals surface area contributed by atoms with Crippen LogP contribution in [0.5, 0.6) is 0 Å². The molecule has 26 heavy (non-hydrogen) atoms. The monoisotopic (exact) mass is 365 g/mol. The molecule has 0 bridgehead atoms. The van der Waals surface area contributed by atoms with Crippen molar-refractivity contribution < 1.29 is 9.53 Å². The summed E-state index contributed by atoms with van der Waals surface area (Å²) < 4.78 is 5.26. The molecule has 134 valence electrons. The summed E-state index contributed by atoms with van der Waals surface area (Å²) >= 11 is 1.54. The second kappa shape index (κ2) is 7.88. The SMILES string of the molecule is CCOC(=O)c1sc(CC)c(C)c1-c1ccc(C2CCC=C2C#N)cc1. The Morgan fingerprint density at radius 1 is 1.31 bits per heavy atom. The normalized spacial score (nSPS) is 16.2. The van der Waals surface area contributed by atoms with Crippen LogP contribution in [0.15, 0.2) is 35.9 Å². The fourth-order valence-electron chi connectivity index (χ4n) is 3.64. The van der Waals surface area contributed by atoms with Crippen LogP contribution >= 0.6 is 11.3 Å². The number of allylic oxidation sites excluding steroid dienone is 2. The molecular weight excluding hydrogens is 342 g/mol. The van der Waals surface area contributed by atoms with Crippen LogP contribution in [0.25, 0.3) is 11.1 Å². The summed E-state index contributed by atoms with van der Waals surface area (Å²) in [4.78, 5) is 14.3. The van der Waals surface area contributed by atoms with Crippen LogP contribution in [-0.4, -0.2) is 12.6 Å². The molecule has 0 amide bonds. The molecule has 0 saturated carbocycles. The molecular formula is C22H23NO2S. The highest BCUT2D eigenvalue weighted by atomic mass is 32.1. The van der Waals surface area contributed by atoms with Crippen molar-refractivity contribution in [3.05, 3.63) is 56.8 Å². The van der Waals surface area contributed by atoms with E-state index in [9.17, 15) is 10.1 Å². The first-order chi connectivity index (χ1) is 12.6. The van der Waals surface area contributed by atoms with Gasteiger partial charge in [-0.1, -0.05) is 37.3 Å². The molecule has 1 aliphatic carbocycles. The van der Waals surface area contributed by atoms with Gasteiger partial charge in [-0.05, 0) is 49.8 Å². The van der Waals surface area contributed by atoms with Gasteiger partial charge < -0.3 is 4.74 Å². The second-order valence-electron chi connectivity index (χ2n) is 6.45. The minimum absolute atomic E-state index is 0.202. The minimum Gasteiger partial charge on any atom is -0.462 e. The second-order valence-corrected chi connectivity index (χ2v) is 7.56. The van der Waals surface area contributed by atoms with Crippen molar-refractivity contribution >= 4 is 17.3 Å². The molecule has 4 heteroatoms. The zero-order valence-electron chi connectivity index (χ0n) is 15.5. The lowest BCUT2D eigenvalue weighted by molar-refractivity contribution is 0.0533. The lowest BCUT2D eigenvalue weighted by Gasteiger charge is -2.12. The number of nitrogens with zero attached hydrogens (tertiary/aromatic N) is 1. The number of benzene rings is 1. The fourth-order valence-corrected chi connectivity index (χ4v) is 4.80. The van der Waals surface area contributed by atoms with Gasteiger partial charge >= 0.3 is 5.97 Å². The Morgan fingerprint density at radius 2 is 2.04 bits per heavy atom. The van der Waals surface area contributed by atoms with E-state index in [2.05, 4.69) is 44.2 Å². The maximum atomic E-state index is 12.4. The number of hydrogen-bond donors (Lipinski definition) is 0. The molecule has 1 aliphatic rings. The lowest BCUT2D eigenvalue weighted by Crippen LogP contribution is -2.04. The molecule has 0 spiro atoms. The van der Waals surface area contributed by atoms with Gasteiger partial charge in [-0.25, -0.2) is 4.79 Å².